The van der Waals surface area contributed by atoms with E-state index in [9.17, 15) is 8.42 Å². The molecule has 0 amide bonds. The van der Waals surface area contributed by atoms with Gasteiger partial charge in [-0.3, -0.25) is 4.90 Å². The average Bonchev–Trinajstić information content (AvgIpc) is 2.68. The third kappa shape index (κ3) is 4.74. The van der Waals surface area contributed by atoms with Gasteiger partial charge in [0.25, 0.3) is 10.0 Å². The number of methoxy groups -OCH3 is 1. The van der Waals surface area contributed by atoms with Crippen LogP contribution in [-0.4, -0.2) is 46.3 Å². The van der Waals surface area contributed by atoms with Crippen molar-refractivity contribution in [1.82, 2.24) is 14.9 Å². The number of ether oxygens (including phenoxy) is 1. The topological polar surface area (TPSA) is 83.0 Å². The average molecular weight is 374 g/mol. The van der Waals surface area contributed by atoms with Gasteiger partial charge in [-0.25, -0.2) is 18.1 Å². The van der Waals surface area contributed by atoms with Crippen molar-refractivity contribution in [2.75, 3.05) is 27.0 Å². The van der Waals surface area contributed by atoms with Crippen LogP contribution in [0.3, 0.4) is 0 Å². The summed E-state index contributed by atoms with van der Waals surface area (Å²) in [6.07, 6.45) is 0.881. The van der Waals surface area contributed by atoms with Crippen LogP contribution >= 0.6 is 0 Å². The van der Waals surface area contributed by atoms with Crippen LogP contribution in [0.1, 0.15) is 5.56 Å². The first-order valence-electron chi connectivity index (χ1n) is 8.28. The first-order chi connectivity index (χ1) is 12.6. The van der Waals surface area contributed by atoms with E-state index in [0.717, 1.165) is 18.7 Å². The van der Waals surface area contributed by atoms with Crippen molar-refractivity contribution in [3.63, 3.8) is 0 Å². The summed E-state index contributed by atoms with van der Waals surface area (Å²) in [6, 6.07) is 16.2. The van der Waals surface area contributed by atoms with Crippen LogP contribution in [0, 0.1) is 0 Å². The van der Waals surface area contributed by atoms with Gasteiger partial charge in [0.05, 0.1) is 25.3 Å². The van der Waals surface area contributed by atoms with Crippen LogP contribution in [0.25, 0.3) is 0 Å². The van der Waals surface area contributed by atoms with Crippen LogP contribution in [0.15, 0.2) is 64.5 Å². The molecule has 0 aliphatic carbocycles. The molecule has 2 aromatic rings. The van der Waals surface area contributed by atoms with E-state index in [-0.39, 0.29) is 10.9 Å². The predicted octanol–water partition coefficient (Wildman–Crippen LogP) is 1.39. The minimum atomic E-state index is -3.61. The number of benzene rings is 2. The fraction of sp³-hybridized carbons (Fsp3) is 0.278. The minimum Gasteiger partial charge on any atom is -0.497 e. The highest BCUT2D eigenvalue weighted by atomic mass is 32.2. The number of hydrogen-bond donors (Lipinski definition) is 2. The molecule has 3 rings (SSSR count). The minimum absolute atomic E-state index is 0.214. The van der Waals surface area contributed by atoms with Gasteiger partial charge in [0.15, 0.2) is 0 Å². The van der Waals surface area contributed by atoms with E-state index in [4.69, 9.17) is 4.74 Å². The molecule has 0 unspecified atom stereocenters. The molecule has 1 aliphatic rings. The molecule has 0 saturated heterocycles. The second kappa shape index (κ2) is 8.20. The summed E-state index contributed by atoms with van der Waals surface area (Å²) < 4.78 is 32.2. The summed E-state index contributed by atoms with van der Waals surface area (Å²) in [6.45, 7) is 1.80. The highest BCUT2D eigenvalue weighted by molar-refractivity contribution is 7.90. The number of sulfonamides is 1. The second-order valence-corrected chi connectivity index (χ2v) is 7.58. The van der Waals surface area contributed by atoms with E-state index in [0.29, 0.717) is 13.3 Å². The van der Waals surface area contributed by atoms with E-state index in [1.54, 1.807) is 37.4 Å². The Morgan fingerprint density at radius 2 is 1.88 bits per heavy atom. The molecule has 138 valence electrons. The molecule has 0 radical (unpaired) electrons. The fourth-order valence-corrected chi connectivity index (χ4v) is 3.57. The van der Waals surface area contributed by atoms with Crippen LogP contribution in [0.5, 0.6) is 5.75 Å². The molecule has 0 bridgehead atoms. The monoisotopic (exact) mass is 374 g/mol. The van der Waals surface area contributed by atoms with E-state index >= 15 is 0 Å². The Labute approximate surface area is 153 Å². The standard InChI is InChI=1S/C18H22N4O3S/c1-25-16-9-7-15(8-10-16)11-12-22-13-19-18(20-14-22)21-26(23,24)17-5-3-2-4-6-17/h2-10H,11-14H2,1H3,(H2,19,20,21). The molecular formula is C18H22N4O3S. The van der Waals surface area contributed by atoms with Gasteiger partial charge in [-0.2, -0.15) is 0 Å². The zero-order valence-electron chi connectivity index (χ0n) is 14.6. The number of rotatable bonds is 6. The normalized spacial score (nSPS) is 15.0. The largest absolute Gasteiger partial charge is 0.497 e. The molecule has 2 aromatic carbocycles. The third-order valence-electron chi connectivity index (χ3n) is 4.06. The molecule has 0 spiro atoms. The van der Waals surface area contributed by atoms with Gasteiger partial charge < -0.3 is 10.1 Å². The van der Waals surface area contributed by atoms with Gasteiger partial charge in [-0.1, -0.05) is 30.3 Å². The molecule has 1 aliphatic heterocycles. The van der Waals surface area contributed by atoms with Crippen LogP contribution in [0.2, 0.25) is 0 Å². The Kier molecular flexibility index (Phi) is 5.75. The lowest BCUT2D eigenvalue weighted by Crippen LogP contribution is -2.50. The lowest BCUT2D eigenvalue weighted by Gasteiger charge is -2.27. The maximum atomic E-state index is 12.3. The van der Waals surface area contributed by atoms with Crippen molar-refractivity contribution >= 4 is 16.0 Å². The molecule has 1 heterocycles. The third-order valence-corrected chi connectivity index (χ3v) is 5.41. The smallest absolute Gasteiger partial charge is 0.264 e. The predicted molar refractivity (Wildman–Crippen MR) is 100 cm³/mol. The molecule has 26 heavy (non-hydrogen) atoms. The lowest BCUT2D eigenvalue weighted by atomic mass is 10.1. The van der Waals surface area contributed by atoms with Gasteiger partial charge in [-0.05, 0) is 36.2 Å². The van der Waals surface area contributed by atoms with E-state index in [2.05, 4.69) is 19.9 Å². The zero-order chi connectivity index (χ0) is 18.4. The van der Waals surface area contributed by atoms with Gasteiger partial charge in [-0.15, -0.1) is 0 Å². The molecule has 0 saturated carbocycles. The van der Waals surface area contributed by atoms with Gasteiger partial charge in [0, 0.05) is 6.54 Å². The van der Waals surface area contributed by atoms with Crippen LogP contribution in [0.4, 0.5) is 0 Å². The lowest BCUT2D eigenvalue weighted by molar-refractivity contribution is 0.267. The number of nitrogens with zero attached hydrogens (tertiary/aromatic N) is 2. The fourth-order valence-electron chi connectivity index (χ4n) is 2.55. The molecule has 8 heteroatoms. The van der Waals surface area contributed by atoms with Crippen molar-refractivity contribution in [2.24, 2.45) is 4.99 Å². The molecule has 0 aromatic heterocycles. The van der Waals surface area contributed by atoms with E-state index in [1.165, 1.54) is 5.56 Å². The Morgan fingerprint density at radius 1 is 1.15 bits per heavy atom. The molecule has 7 nitrogen and oxygen atoms in total. The van der Waals surface area contributed by atoms with Gasteiger partial charge in [0.1, 0.15) is 5.75 Å². The summed E-state index contributed by atoms with van der Waals surface area (Å²) >= 11 is 0. The number of aliphatic imine (C=N–C) groups is 1. The van der Waals surface area contributed by atoms with Gasteiger partial charge >= 0.3 is 0 Å². The summed E-state index contributed by atoms with van der Waals surface area (Å²) in [5, 5.41) is 3.02. The Morgan fingerprint density at radius 3 is 2.50 bits per heavy atom. The molecular weight excluding hydrogens is 352 g/mol. The number of nitrogens with one attached hydrogen (secondary N) is 2. The maximum Gasteiger partial charge on any atom is 0.264 e. The summed E-state index contributed by atoms with van der Waals surface area (Å²) in [5.74, 6) is 1.11. The van der Waals surface area contributed by atoms with Crippen molar-refractivity contribution in [2.45, 2.75) is 11.3 Å². The van der Waals surface area contributed by atoms with Crippen molar-refractivity contribution in [1.29, 1.82) is 0 Å². The molecule has 2 N–H and O–H groups in total. The second-order valence-electron chi connectivity index (χ2n) is 5.89. The van der Waals surface area contributed by atoms with Crippen molar-refractivity contribution in [3.05, 3.63) is 60.2 Å². The Balaban J connectivity index is 1.51. The summed E-state index contributed by atoms with van der Waals surface area (Å²) in [4.78, 5) is 6.60. The van der Waals surface area contributed by atoms with Crippen molar-refractivity contribution < 1.29 is 13.2 Å². The molecule has 0 fully saturated rings. The number of guanidine groups is 1. The van der Waals surface area contributed by atoms with Crippen LogP contribution < -0.4 is 14.8 Å². The first-order valence-corrected chi connectivity index (χ1v) is 9.76. The quantitative estimate of drug-likeness (QED) is 0.798. The highest BCUT2D eigenvalue weighted by Gasteiger charge is 2.19. The van der Waals surface area contributed by atoms with Crippen LogP contribution in [-0.2, 0) is 16.4 Å². The first kappa shape index (κ1) is 18.2. The summed E-state index contributed by atoms with van der Waals surface area (Å²) in [7, 11) is -1.96. The van der Waals surface area contributed by atoms with Crippen molar-refractivity contribution in [3.8, 4) is 5.75 Å². The van der Waals surface area contributed by atoms with E-state index in [1.807, 2.05) is 24.3 Å². The Hall–Kier alpha value is -2.58. The maximum absolute atomic E-state index is 12.3. The Bertz CT molecular complexity index is 852. The van der Waals surface area contributed by atoms with E-state index < -0.39 is 10.0 Å². The molecule has 0 atom stereocenters. The number of hydrogen-bond acceptors (Lipinski definition) is 6. The van der Waals surface area contributed by atoms with Gasteiger partial charge in [0.2, 0.25) is 5.96 Å². The summed E-state index contributed by atoms with van der Waals surface area (Å²) in [5.41, 5.74) is 1.21. The highest BCUT2D eigenvalue weighted by Crippen LogP contribution is 2.12. The SMILES string of the molecule is COc1ccc(CCN2CN=C(NS(=O)(=O)c3ccccc3)NC2)cc1. The zero-order valence-corrected chi connectivity index (χ0v) is 15.4.